The lowest BCUT2D eigenvalue weighted by molar-refractivity contribution is -0.139. The molecule has 0 aliphatic carbocycles. The van der Waals surface area contributed by atoms with Gasteiger partial charge in [0.2, 0.25) is 15.9 Å². The van der Waals surface area contributed by atoms with Crippen molar-refractivity contribution in [3.8, 4) is 5.75 Å². The number of ether oxygens (including phenoxy) is 1. The molecule has 0 spiro atoms. The van der Waals surface area contributed by atoms with Crippen LogP contribution in [0.5, 0.6) is 5.75 Å². The standard InChI is InChI=1S/C33H36FN5O7S/c1-21-14-22(2)32(23(3)15-21)47(44,45)38-28(33(42)43)18-37-30(40)20-46-27-16-26(17-36-29-6-4-5-13-35-29)39(19-27)31(41)12-9-24-7-10-25(34)11-8-24/h4-8,10-11,13-16,19,28,38H,9,12,17-18,20H2,1-3H3,(H,35,36)(H,37,40)(H,42,43). The van der Waals surface area contributed by atoms with Gasteiger partial charge in [-0.15, -0.1) is 0 Å². The third-order valence-electron chi connectivity index (χ3n) is 7.14. The number of aromatic nitrogens is 2. The van der Waals surface area contributed by atoms with Crippen LogP contribution in [-0.4, -0.2) is 60.1 Å². The van der Waals surface area contributed by atoms with E-state index in [4.69, 9.17) is 4.74 Å². The number of amides is 1. The van der Waals surface area contributed by atoms with E-state index in [1.807, 2.05) is 6.92 Å². The van der Waals surface area contributed by atoms with E-state index in [1.165, 1.54) is 22.9 Å². The third kappa shape index (κ3) is 9.70. The molecule has 0 aliphatic heterocycles. The van der Waals surface area contributed by atoms with Gasteiger partial charge in [0.1, 0.15) is 23.4 Å². The first-order valence-electron chi connectivity index (χ1n) is 14.7. The number of hydrogen-bond acceptors (Lipinski definition) is 8. The monoisotopic (exact) mass is 665 g/mol. The molecule has 2 heterocycles. The lowest BCUT2D eigenvalue weighted by Crippen LogP contribution is -2.49. The van der Waals surface area contributed by atoms with Crippen molar-refractivity contribution in [1.82, 2.24) is 19.6 Å². The quantitative estimate of drug-likeness (QED) is 0.148. The highest BCUT2D eigenvalue weighted by atomic mass is 32.2. The van der Waals surface area contributed by atoms with Gasteiger partial charge < -0.3 is 20.5 Å². The van der Waals surface area contributed by atoms with Crippen LogP contribution in [0, 0.1) is 26.6 Å². The lowest BCUT2D eigenvalue weighted by atomic mass is 10.1. The summed E-state index contributed by atoms with van der Waals surface area (Å²) in [7, 11) is -4.22. The summed E-state index contributed by atoms with van der Waals surface area (Å²) >= 11 is 0. The lowest BCUT2D eigenvalue weighted by Gasteiger charge is -2.18. The van der Waals surface area contributed by atoms with E-state index < -0.39 is 41.1 Å². The van der Waals surface area contributed by atoms with Crippen LogP contribution >= 0.6 is 0 Å². The smallest absolute Gasteiger partial charge is 0.323 e. The van der Waals surface area contributed by atoms with E-state index in [2.05, 4.69) is 20.3 Å². The Morgan fingerprint density at radius 1 is 1.02 bits per heavy atom. The Kier molecular flexibility index (Phi) is 11.5. The maximum atomic E-state index is 13.3. The Labute approximate surface area is 272 Å². The number of carboxylic acid groups (broad SMARTS) is 1. The molecule has 4 aromatic rings. The number of carboxylic acids is 1. The minimum atomic E-state index is -4.22. The van der Waals surface area contributed by atoms with Crippen LogP contribution in [0.3, 0.4) is 0 Å². The highest BCUT2D eigenvalue weighted by Gasteiger charge is 2.28. The van der Waals surface area contributed by atoms with Crippen LogP contribution in [0.4, 0.5) is 10.2 Å². The van der Waals surface area contributed by atoms with Gasteiger partial charge in [0.15, 0.2) is 6.61 Å². The van der Waals surface area contributed by atoms with Gasteiger partial charge in [0, 0.05) is 30.9 Å². The van der Waals surface area contributed by atoms with Gasteiger partial charge in [-0.25, -0.2) is 17.8 Å². The first kappa shape index (κ1) is 34.8. The maximum absolute atomic E-state index is 13.3. The molecule has 1 unspecified atom stereocenters. The van der Waals surface area contributed by atoms with E-state index in [9.17, 15) is 32.3 Å². The zero-order valence-electron chi connectivity index (χ0n) is 26.1. The number of pyridine rings is 1. The molecule has 12 nitrogen and oxygen atoms in total. The van der Waals surface area contributed by atoms with Crippen molar-refractivity contribution in [3.05, 3.63) is 107 Å². The molecule has 248 valence electrons. The highest BCUT2D eigenvalue weighted by Crippen LogP contribution is 2.22. The number of halogens is 1. The predicted molar refractivity (Wildman–Crippen MR) is 172 cm³/mol. The zero-order chi connectivity index (χ0) is 34.1. The van der Waals surface area contributed by atoms with Gasteiger partial charge in [0.05, 0.1) is 17.6 Å². The largest absolute Gasteiger partial charge is 0.482 e. The van der Waals surface area contributed by atoms with Crippen LogP contribution in [0.1, 0.15) is 39.2 Å². The van der Waals surface area contributed by atoms with Gasteiger partial charge in [-0.2, -0.15) is 4.72 Å². The second-order valence-corrected chi connectivity index (χ2v) is 12.6. The van der Waals surface area contributed by atoms with Crippen molar-refractivity contribution >= 4 is 33.6 Å². The van der Waals surface area contributed by atoms with Crippen LogP contribution in [0.25, 0.3) is 0 Å². The highest BCUT2D eigenvalue weighted by molar-refractivity contribution is 7.89. The summed E-state index contributed by atoms with van der Waals surface area (Å²) in [4.78, 5) is 41.9. The fourth-order valence-corrected chi connectivity index (χ4v) is 6.67. The van der Waals surface area contributed by atoms with Crippen molar-refractivity contribution in [2.24, 2.45) is 0 Å². The first-order valence-corrected chi connectivity index (χ1v) is 16.2. The van der Waals surface area contributed by atoms with Gasteiger partial charge in [-0.05, 0) is 68.1 Å². The Morgan fingerprint density at radius 2 is 1.72 bits per heavy atom. The van der Waals surface area contributed by atoms with Crippen molar-refractivity contribution in [3.63, 3.8) is 0 Å². The van der Waals surface area contributed by atoms with Gasteiger partial charge in [0.25, 0.3) is 5.91 Å². The van der Waals surface area contributed by atoms with Gasteiger partial charge in [-0.3, -0.25) is 19.0 Å². The number of aliphatic carboxylic acids is 1. The van der Waals surface area contributed by atoms with Crippen LogP contribution in [-0.2, 0) is 32.6 Å². The number of carbonyl (C=O) groups excluding carboxylic acids is 2. The van der Waals surface area contributed by atoms with E-state index in [1.54, 1.807) is 68.6 Å². The molecule has 0 saturated carbocycles. The summed E-state index contributed by atoms with van der Waals surface area (Å²) < 4.78 is 48.6. The van der Waals surface area contributed by atoms with Gasteiger partial charge in [-0.1, -0.05) is 35.9 Å². The molecule has 47 heavy (non-hydrogen) atoms. The average Bonchev–Trinajstić information content (AvgIpc) is 3.43. The van der Waals surface area contributed by atoms with Gasteiger partial charge >= 0.3 is 5.97 Å². The summed E-state index contributed by atoms with van der Waals surface area (Å²) in [5.74, 6) is -2.03. The molecular weight excluding hydrogens is 629 g/mol. The Bertz CT molecular complexity index is 1820. The van der Waals surface area contributed by atoms with E-state index >= 15 is 0 Å². The molecule has 1 atom stereocenters. The SMILES string of the molecule is Cc1cc(C)c(S(=O)(=O)NC(CNC(=O)COc2cc(CNc3ccccn3)n(C(=O)CCc3ccc(F)cc3)c2)C(=O)O)c(C)c1. The van der Waals surface area contributed by atoms with E-state index in [-0.39, 0.29) is 35.3 Å². The molecule has 0 saturated heterocycles. The molecule has 0 bridgehead atoms. The molecule has 2 aromatic carbocycles. The fourth-order valence-electron chi connectivity index (χ4n) is 5.03. The molecule has 1 amide bonds. The molecule has 2 aromatic heterocycles. The van der Waals surface area contributed by atoms with Crippen LogP contribution in [0.15, 0.2) is 78.0 Å². The molecule has 4 rings (SSSR count). The van der Waals surface area contributed by atoms with E-state index in [0.29, 0.717) is 29.1 Å². The second kappa shape index (κ2) is 15.5. The van der Waals surface area contributed by atoms with E-state index in [0.717, 1.165) is 11.1 Å². The van der Waals surface area contributed by atoms with Crippen LogP contribution < -0.4 is 20.1 Å². The molecule has 4 N–H and O–H groups in total. The zero-order valence-corrected chi connectivity index (χ0v) is 26.9. The summed E-state index contributed by atoms with van der Waals surface area (Å²) in [6, 6.07) is 14.5. The minimum Gasteiger partial charge on any atom is -0.482 e. The van der Waals surface area contributed by atoms with Crippen LogP contribution in [0.2, 0.25) is 0 Å². The summed E-state index contributed by atoms with van der Waals surface area (Å²) in [6.45, 7) is 4.20. The number of aryl methyl sites for hydroxylation is 4. The van der Waals surface area contributed by atoms with Crippen molar-refractivity contribution < 1.29 is 37.0 Å². The predicted octanol–water partition coefficient (Wildman–Crippen LogP) is 3.76. The van der Waals surface area contributed by atoms with Crippen molar-refractivity contribution in [1.29, 1.82) is 0 Å². The maximum Gasteiger partial charge on any atom is 0.323 e. The molecule has 0 fully saturated rings. The summed E-state index contributed by atoms with van der Waals surface area (Å²) in [5.41, 5.74) is 3.11. The number of rotatable bonds is 15. The fraction of sp³-hybridized carbons (Fsp3) is 0.273. The third-order valence-corrected chi connectivity index (χ3v) is 8.92. The number of carbonyl (C=O) groups is 3. The molecule has 0 radical (unpaired) electrons. The summed E-state index contributed by atoms with van der Waals surface area (Å²) in [5, 5.41) is 15.2. The Balaban J connectivity index is 1.39. The molecule has 14 heteroatoms. The normalized spacial score (nSPS) is 11.9. The van der Waals surface area contributed by atoms with Crippen molar-refractivity contribution in [2.75, 3.05) is 18.5 Å². The topological polar surface area (TPSA) is 169 Å². The number of hydrogen-bond donors (Lipinski definition) is 4. The number of nitrogens with zero attached hydrogens (tertiary/aromatic N) is 2. The van der Waals surface area contributed by atoms with Crippen molar-refractivity contribution in [2.45, 2.75) is 51.1 Å². The first-order chi connectivity index (χ1) is 22.3. The average molecular weight is 666 g/mol. The Morgan fingerprint density at radius 3 is 2.36 bits per heavy atom. The summed E-state index contributed by atoms with van der Waals surface area (Å²) in [6.07, 6.45) is 3.55. The Hall–Kier alpha value is -5.08. The second-order valence-electron chi connectivity index (χ2n) is 11.0. The minimum absolute atomic E-state index is 0.0194. The molecular formula is C33H36FN5O7S. The number of anilines is 1. The molecule has 0 aliphatic rings. The number of sulfonamides is 1. The number of benzene rings is 2. The number of nitrogens with one attached hydrogen (secondary N) is 3.